The molecule has 0 aliphatic heterocycles. The highest BCUT2D eigenvalue weighted by Crippen LogP contribution is 2.16. The molecule has 21 heavy (non-hydrogen) atoms. The van der Waals surface area contributed by atoms with Crippen LogP contribution in [0.3, 0.4) is 0 Å². The molecule has 0 aromatic carbocycles. The van der Waals surface area contributed by atoms with Gasteiger partial charge in [0.1, 0.15) is 0 Å². The molecule has 0 bridgehead atoms. The van der Waals surface area contributed by atoms with E-state index in [0.29, 0.717) is 11.3 Å². The van der Waals surface area contributed by atoms with E-state index in [2.05, 4.69) is 23.2 Å². The standard InChI is InChI=1S/C16H17NO2S2/c1-12(11-14-6-4-10-20-14)17-16(19)15-8-7-13(21-15)5-2-3-9-18/h4,6-8,10,12,18H,3,9,11H2,1H3,(H,17,19). The molecule has 1 amide bonds. The second-order valence-corrected chi connectivity index (χ2v) is 6.71. The van der Waals surface area contributed by atoms with Crippen molar-refractivity contribution in [2.75, 3.05) is 6.61 Å². The van der Waals surface area contributed by atoms with E-state index in [1.807, 2.05) is 24.4 Å². The molecule has 3 nitrogen and oxygen atoms in total. The minimum absolute atomic E-state index is 0.0562. The van der Waals surface area contributed by atoms with Crippen LogP contribution in [0.1, 0.15) is 32.8 Å². The largest absolute Gasteiger partial charge is 0.395 e. The van der Waals surface area contributed by atoms with Crippen molar-refractivity contribution in [3.63, 3.8) is 0 Å². The highest BCUT2D eigenvalue weighted by molar-refractivity contribution is 7.14. The molecule has 0 fully saturated rings. The molecule has 0 saturated heterocycles. The van der Waals surface area contributed by atoms with Gasteiger partial charge in [0.05, 0.1) is 16.4 Å². The molecule has 0 aliphatic rings. The molecule has 2 heterocycles. The van der Waals surface area contributed by atoms with Gasteiger partial charge in [0, 0.05) is 23.8 Å². The Morgan fingerprint density at radius 2 is 2.29 bits per heavy atom. The Balaban J connectivity index is 1.90. The van der Waals surface area contributed by atoms with E-state index in [9.17, 15) is 4.79 Å². The summed E-state index contributed by atoms with van der Waals surface area (Å²) < 4.78 is 0. The third-order valence-electron chi connectivity index (χ3n) is 2.74. The molecular weight excluding hydrogens is 302 g/mol. The fraction of sp³-hybridized carbons (Fsp3) is 0.312. The van der Waals surface area contributed by atoms with E-state index in [4.69, 9.17) is 5.11 Å². The maximum Gasteiger partial charge on any atom is 0.261 e. The number of nitrogens with one attached hydrogen (secondary N) is 1. The Labute approximate surface area is 132 Å². The van der Waals surface area contributed by atoms with Crippen molar-refractivity contribution in [2.24, 2.45) is 0 Å². The second kappa shape index (κ2) is 7.99. The quantitative estimate of drug-likeness (QED) is 0.833. The van der Waals surface area contributed by atoms with Crippen LogP contribution in [-0.4, -0.2) is 23.7 Å². The molecule has 0 radical (unpaired) electrons. The van der Waals surface area contributed by atoms with Gasteiger partial charge in [-0.25, -0.2) is 0 Å². The van der Waals surface area contributed by atoms with Gasteiger partial charge in [0.25, 0.3) is 5.91 Å². The minimum Gasteiger partial charge on any atom is -0.395 e. The summed E-state index contributed by atoms with van der Waals surface area (Å²) in [4.78, 5) is 14.9. The average molecular weight is 319 g/mol. The van der Waals surface area contributed by atoms with Crippen molar-refractivity contribution in [3.8, 4) is 11.8 Å². The fourth-order valence-corrected chi connectivity index (χ4v) is 3.43. The first-order valence-corrected chi connectivity index (χ1v) is 8.41. The van der Waals surface area contributed by atoms with Gasteiger partial charge in [0.15, 0.2) is 0 Å². The summed E-state index contributed by atoms with van der Waals surface area (Å²) in [6.07, 6.45) is 1.30. The summed E-state index contributed by atoms with van der Waals surface area (Å²) in [5.74, 6) is 5.74. The molecule has 0 saturated carbocycles. The van der Waals surface area contributed by atoms with Crippen LogP contribution in [0.25, 0.3) is 0 Å². The van der Waals surface area contributed by atoms with Gasteiger partial charge in [-0.05, 0) is 30.5 Å². The molecule has 110 valence electrons. The summed E-state index contributed by atoms with van der Waals surface area (Å²) in [7, 11) is 0. The van der Waals surface area contributed by atoms with Crippen molar-refractivity contribution in [1.82, 2.24) is 5.32 Å². The highest BCUT2D eigenvalue weighted by Gasteiger charge is 2.12. The lowest BCUT2D eigenvalue weighted by molar-refractivity contribution is 0.0944. The first-order valence-electron chi connectivity index (χ1n) is 6.72. The zero-order valence-corrected chi connectivity index (χ0v) is 13.4. The molecule has 2 aromatic rings. The van der Waals surface area contributed by atoms with Gasteiger partial charge in [-0.2, -0.15) is 0 Å². The molecule has 0 spiro atoms. The van der Waals surface area contributed by atoms with Crippen molar-refractivity contribution < 1.29 is 9.90 Å². The summed E-state index contributed by atoms with van der Waals surface area (Å²) >= 11 is 3.08. The highest BCUT2D eigenvalue weighted by atomic mass is 32.1. The van der Waals surface area contributed by atoms with Crippen molar-refractivity contribution >= 4 is 28.6 Å². The van der Waals surface area contributed by atoms with Gasteiger partial charge < -0.3 is 10.4 Å². The first kappa shape index (κ1) is 15.8. The van der Waals surface area contributed by atoms with Crippen LogP contribution in [0.4, 0.5) is 0 Å². The molecule has 2 rings (SSSR count). The van der Waals surface area contributed by atoms with Gasteiger partial charge in [-0.15, -0.1) is 22.7 Å². The zero-order valence-electron chi connectivity index (χ0n) is 11.8. The number of amides is 1. The van der Waals surface area contributed by atoms with Gasteiger partial charge in [-0.3, -0.25) is 4.79 Å². The molecule has 0 aliphatic carbocycles. The predicted molar refractivity (Wildman–Crippen MR) is 87.9 cm³/mol. The Morgan fingerprint density at radius 1 is 1.43 bits per heavy atom. The third-order valence-corrected chi connectivity index (χ3v) is 4.64. The van der Waals surface area contributed by atoms with Crippen LogP contribution in [0.15, 0.2) is 29.6 Å². The molecular formula is C16H17NO2S2. The van der Waals surface area contributed by atoms with Crippen LogP contribution in [0.5, 0.6) is 0 Å². The molecule has 1 atom stereocenters. The number of rotatable bonds is 5. The van der Waals surface area contributed by atoms with E-state index < -0.39 is 0 Å². The zero-order chi connectivity index (χ0) is 15.1. The number of hydrogen-bond acceptors (Lipinski definition) is 4. The maximum absolute atomic E-state index is 12.1. The Kier molecular flexibility index (Phi) is 6.00. The van der Waals surface area contributed by atoms with E-state index in [1.54, 1.807) is 17.4 Å². The van der Waals surface area contributed by atoms with E-state index in [1.165, 1.54) is 16.2 Å². The van der Waals surface area contributed by atoms with Gasteiger partial charge >= 0.3 is 0 Å². The van der Waals surface area contributed by atoms with E-state index in [-0.39, 0.29) is 18.6 Å². The lowest BCUT2D eigenvalue weighted by atomic mass is 10.2. The Hall–Kier alpha value is -1.61. The van der Waals surface area contributed by atoms with Gasteiger partial charge in [0.2, 0.25) is 0 Å². The Morgan fingerprint density at radius 3 is 3.00 bits per heavy atom. The second-order valence-electron chi connectivity index (χ2n) is 4.60. The number of thiophene rings is 2. The number of carbonyl (C=O) groups is 1. The van der Waals surface area contributed by atoms with Crippen LogP contribution in [0, 0.1) is 11.8 Å². The monoisotopic (exact) mass is 319 g/mol. The fourth-order valence-electron chi connectivity index (χ4n) is 1.81. The molecule has 2 N–H and O–H groups in total. The van der Waals surface area contributed by atoms with E-state index in [0.717, 1.165) is 11.3 Å². The smallest absolute Gasteiger partial charge is 0.261 e. The third kappa shape index (κ3) is 5.01. The van der Waals surface area contributed by atoms with Crippen molar-refractivity contribution in [2.45, 2.75) is 25.8 Å². The SMILES string of the molecule is CC(Cc1cccs1)NC(=O)c1ccc(C#CCCO)s1. The van der Waals surface area contributed by atoms with Crippen LogP contribution in [0.2, 0.25) is 0 Å². The summed E-state index contributed by atoms with van der Waals surface area (Å²) in [6, 6.07) is 7.83. The maximum atomic E-state index is 12.1. The van der Waals surface area contributed by atoms with Crippen molar-refractivity contribution in [1.29, 1.82) is 0 Å². The first-order chi connectivity index (χ1) is 10.2. The number of carbonyl (C=O) groups excluding carboxylic acids is 1. The van der Waals surface area contributed by atoms with Gasteiger partial charge in [-0.1, -0.05) is 17.9 Å². The molecule has 1 unspecified atom stereocenters. The topological polar surface area (TPSA) is 49.3 Å². The van der Waals surface area contributed by atoms with Crippen LogP contribution in [-0.2, 0) is 6.42 Å². The average Bonchev–Trinajstić information content (AvgIpc) is 3.10. The van der Waals surface area contributed by atoms with E-state index >= 15 is 0 Å². The molecule has 5 heteroatoms. The van der Waals surface area contributed by atoms with Crippen LogP contribution >= 0.6 is 22.7 Å². The lowest BCUT2D eigenvalue weighted by Gasteiger charge is -2.11. The lowest BCUT2D eigenvalue weighted by Crippen LogP contribution is -2.33. The number of aliphatic hydroxyl groups excluding tert-OH is 1. The summed E-state index contributed by atoms with van der Waals surface area (Å²) in [5.41, 5.74) is 0. The number of hydrogen-bond donors (Lipinski definition) is 2. The molecule has 2 aromatic heterocycles. The Bertz CT molecular complexity index is 635. The predicted octanol–water partition coefficient (Wildman–Crippen LogP) is 2.90. The van der Waals surface area contributed by atoms with Crippen LogP contribution < -0.4 is 5.32 Å². The normalized spacial score (nSPS) is 11.5. The minimum atomic E-state index is -0.0562. The van der Waals surface area contributed by atoms with Crippen molar-refractivity contribution in [3.05, 3.63) is 44.3 Å². The summed E-state index contributed by atoms with van der Waals surface area (Å²) in [5, 5.41) is 13.7. The number of aliphatic hydroxyl groups is 1. The summed E-state index contributed by atoms with van der Waals surface area (Å²) in [6.45, 7) is 2.07.